The largest absolute Gasteiger partial charge is 0.481 e. The Labute approximate surface area is 140 Å². The molecule has 1 unspecified atom stereocenters. The Morgan fingerprint density at radius 1 is 1.39 bits per heavy atom. The average Bonchev–Trinajstić information content (AvgIpc) is 3.05. The van der Waals surface area contributed by atoms with Crippen LogP contribution >= 0.6 is 11.3 Å². The number of rotatable bonds is 5. The van der Waals surface area contributed by atoms with Crippen LogP contribution in [-0.4, -0.2) is 34.0 Å². The third-order valence-corrected chi connectivity index (χ3v) is 5.83. The highest BCUT2D eigenvalue weighted by molar-refractivity contribution is 7.12. The third-order valence-electron chi connectivity index (χ3n) is 4.54. The van der Waals surface area contributed by atoms with Crippen LogP contribution in [0.1, 0.15) is 41.1 Å². The highest BCUT2D eigenvalue weighted by atomic mass is 32.1. The summed E-state index contributed by atoms with van der Waals surface area (Å²) >= 11 is 1.85. The first kappa shape index (κ1) is 16.1. The van der Waals surface area contributed by atoms with Gasteiger partial charge < -0.3 is 5.11 Å². The van der Waals surface area contributed by atoms with Crippen molar-refractivity contribution in [2.24, 2.45) is 5.92 Å². The Balaban J connectivity index is 1.86. The van der Waals surface area contributed by atoms with Crippen molar-refractivity contribution < 1.29 is 9.90 Å². The van der Waals surface area contributed by atoms with E-state index in [0.29, 0.717) is 0 Å². The first-order valence-electron chi connectivity index (χ1n) is 8.14. The fraction of sp³-hybridized carbons (Fsp3) is 0.444. The minimum atomic E-state index is -0.660. The Kier molecular flexibility index (Phi) is 5.08. The van der Waals surface area contributed by atoms with Gasteiger partial charge in [-0.1, -0.05) is 13.0 Å². The van der Waals surface area contributed by atoms with Gasteiger partial charge in [0, 0.05) is 22.1 Å². The number of carboxylic acids is 1. The molecule has 0 amide bonds. The maximum Gasteiger partial charge on any atom is 0.306 e. The lowest BCUT2D eigenvalue weighted by atomic mass is 9.94. The highest BCUT2D eigenvalue weighted by Gasteiger charge is 2.30. The Morgan fingerprint density at radius 3 is 2.74 bits per heavy atom. The van der Waals surface area contributed by atoms with E-state index in [1.807, 2.05) is 23.6 Å². The summed E-state index contributed by atoms with van der Waals surface area (Å²) in [5.41, 5.74) is 1.19. The number of carboxylic acid groups (broad SMARTS) is 1. The fourth-order valence-corrected chi connectivity index (χ4v) is 4.34. The van der Waals surface area contributed by atoms with E-state index in [1.165, 1.54) is 15.3 Å². The summed E-state index contributed by atoms with van der Waals surface area (Å²) < 4.78 is 0. The van der Waals surface area contributed by atoms with Crippen LogP contribution in [0.4, 0.5) is 0 Å². The predicted molar refractivity (Wildman–Crippen MR) is 91.7 cm³/mol. The number of piperidine rings is 1. The molecule has 0 aromatic carbocycles. The lowest BCUT2D eigenvalue weighted by Gasteiger charge is -2.36. The molecule has 3 rings (SSSR count). The number of likely N-dealkylation sites (tertiary alicyclic amines) is 1. The standard InChI is InChI=1S/C18H22N2O2S/c1-2-15-5-6-16(23-15)17(14-4-3-9-19-12-14)20-10-7-13(8-11-20)18(21)22/h3-6,9,12-13,17H,2,7-8,10-11H2,1H3,(H,21,22). The van der Waals surface area contributed by atoms with Crippen molar-refractivity contribution in [3.05, 3.63) is 52.0 Å². The van der Waals surface area contributed by atoms with Crippen LogP contribution in [0, 0.1) is 5.92 Å². The Morgan fingerprint density at radius 2 is 2.17 bits per heavy atom. The van der Waals surface area contributed by atoms with Crippen LogP contribution in [0.5, 0.6) is 0 Å². The van der Waals surface area contributed by atoms with Gasteiger partial charge >= 0.3 is 5.97 Å². The quantitative estimate of drug-likeness (QED) is 0.910. The SMILES string of the molecule is CCc1ccc(C(c2cccnc2)N2CCC(C(=O)O)CC2)s1. The Hall–Kier alpha value is -1.72. The fourth-order valence-electron chi connectivity index (χ4n) is 3.23. The number of aliphatic carboxylic acids is 1. The predicted octanol–water partition coefficient (Wildman–Crippen LogP) is 3.59. The maximum absolute atomic E-state index is 11.2. The van der Waals surface area contributed by atoms with Gasteiger partial charge in [-0.2, -0.15) is 0 Å². The number of thiophene rings is 1. The molecule has 122 valence electrons. The van der Waals surface area contributed by atoms with Gasteiger partial charge in [-0.15, -0.1) is 11.3 Å². The van der Waals surface area contributed by atoms with E-state index in [9.17, 15) is 9.90 Å². The molecule has 0 radical (unpaired) electrons. The first-order valence-corrected chi connectivity index (χ1v) is 8.96. The molecule has 0 spiro atoms. The van der Waals surface area contributed by atoms with Crippen LogP contribution in [-0.2, 0) is 11.2 Å². The summed E-state index contributed by atoms with van der Waals surface area (Å²) in [5, 5.41) is 9.21. The topological polar surface area (TPSA) is 53.4 Å². The number of aromatic nitrogens is 1. The van der Waals surface area contributed by atoms with E-state index in [4.69, 9.17) is 0 Å². The summed E-state index contributed by atoms with van der Waals surface area (Å²) in [4.78, 5) is 20.6. The molecule has 5 heteroatoms. The summed E-state index contributed by atoms with van der Waals surface area (Å²) in [6.45, 7) is 3.80. The van der Waals surface area contributed by atoms with Gasteiger partial charge in [0.05, 0.1) is 12.0 Å². The van der Waals surface area contributed by atoms with Crippen molar-refractivity contribution in [1.82, 2.24) is 9.88 Å². The second-order valence-corrected chi connectivity index (χ2v) is 7.19. The number of nitrogens with zero attached hydrogens (tertiary/aromatic N) is 2. The molecule has 0 bridgehead atoms. The van der Waals surface area contributed by atoms with Gasteiger partial charge in [-0.25, -0.2) is 0 Å². The molecular weight excluding hydrogens is 308 g/mol. The van der Waals surface area contributed by atoms with Crippen molar-refractivity contribution >= 4 is 17.3 Å². The smallest absolute Gasteiger partial charge is 0.306 e. The average molecular weight is 330 g/mol. The minimum absolute atomic E-state index is 0.184. The molecule has 4 nitrogen and oxygen atoms in total. The van der Waals surface area contributed by atoms with E-state index >= 15 is 0 Å². The Bertz CT molecular complexity index is 648. The van der Waals surface area contributed by atoms with Gasteiger partial charge in [0.1, 0.15) is 0 Å². The first-order chi connectivity index (χ1) is 11.2. The normalized spacial score (nSPS) is 18.0. The zero-order valence-corrected chi connectivity index (χ0v) is 14.1. The molecule has 2 aromatic heterocycles. The number of carbonyl (C=O) groups is 1. The summed E-state index contributed by atoms with van der Waals surface area (Å²) in [6, 6.07) is 8.69. The van der Waals surface area contributed by atoms with Gasteiger partial charge in [0.15, 0.2) is 0 Å². The van der Waals surface area contributed by atoms with E-state index in [1.54, 1.807) is 6.20 Å². The number of aryl methyl sites for hydroxylation is 1. The van der Waals surface area contributed by atoms with Crippen molar-refractivity contribution in [2.75, 3.05) is 13.1 Å². The zero-order chi connectivity index (χ0) is 16.2. The van der Waals surface area contributed by atoms with E-state index in [0.717, 1.165) is 32.4 Å². The third kappa shape index (κ3) is 3.62. The monoisotopic (exact) mass is 330 g/mol. The molecule has 3 heterocycles. The molecular formula is C18H22N2O2S. The molecule has 1 fully saturated rings. The molecule has 2 aromatic rings. The van der Waals surface area contributed by atoms with Crippen molar-refractivity contribution in [1.29, 1.82) is 0 Å². The van der Waals surface area contributed by atoms with Gasteiger partial charge in [-0.3, -0.25) is 14.7 Å². The minimum Gasteiger partial charge on any atom is -0.481 e. The van der Waals surface area contributed by atoms with Crippen LogP contribution < -0.4 is 0 Å². The van der Waals surface area contributed by atoms with E-state index in [-0.39, 0.29) is 12.0 Å². The molecule has 0 aliphatic carbocycles. The molecule has 1 saturated heterocycles. The molecule has 1 atom stereocenters. The highest BCUT2D eigenvalue weighted by Crippen LogP contribution is 2.35. The van der Waals surface area contributed by atoms with Crippen molar-refractivity contribution in [3.63, 3.8) is 0 Å². The number of hydrogen-bond acceptors (Lipinski definition) is 4. The second-order valence-electron chi connectivity index (χ2n) is 6.00. The molecule has 0 saturated carbocycles. The molecule has 1 aliphatic heterocycles. The lowest BCUT2D eigenvalue weighted by molar-refractivity contribution is -0.143. The van der Waals surface area contributed by atoms with Crippen molar-refractivity contribution in [2.45, 2.75) is 32.2 Å². The van der Waals surface area contributed by atoms with Gasteiger partial charge in [-0.05, 0) is 56.1 Å². The van der Waals surface area contributed by atoms with Gasteiger partial charge in [0.25, 0.3) is 0 Å². The van der Waals surface area contributed by atoms with Crippen molar-refractivity contribution in [3.8, 4) is 0 Å². The van der Waals surface area contributed by atoms with Crippen LogP contribution in [0.15, 0.2) is 36.7 Å². The van der Waals surface area contributed by atoms with Crippen LogP contribution in [0.2, 0.25) is 0 Å². The molecule has 23 heavy (non-hydrogen) atoms. The van der Waals surface area contributed by atoms with E-state index < -0.39 is 5.97 Å². The maximum atomic E-state index is 11.2. The summed E-state index contributed by atoms with van der Waals surface area (Å²) in [6.07, 6.45) is 6.21. The number of pyridine rings is 1. The molecule has 1 aliphatic rings. The second kappa shape index (κ2) is 7.23. The van der Waals surface area contributed by atoms with E-state index in [2.05, 4.69) is 35.0 Å². The van der Waals surface area contributed by atoms with Crippen LogP contribution in [0.25, 0.3) is 0 Å². The van der Waals surface area contributed by atoms with Gasteiger partial charge in [0.2, 0.25) is 0 Å². The molecule has 1 N–H and O–H groups in total. The summed E-state index contributed by atoms with van der Waals surface area (Å²) in [5.74, 6) is -0.859. The summed E-state index contributed by atoms with van der Waals surface area (Å²) in [7, 11) is 0. The zero-order valence-electron chi connectivity index (χ0n) is 13.3. The van der Waals surface area contributed by atoms with Crippen LogP contribution in [0.3, 0.4) is 0 Å². The number of hydrogen-bond donors (Lipinski definition) is 1. The lowest BCUT2D eigenvalue weighted by Crippen LogP contribution is -2.39.